The van der Waals surface area contributed by atoms with Crippen molar-refractivity contribution in [2.45, 2.75) is 25.6 Å². The van der Waals surface area contributed by atoms with Gasteiger partial charge in [0.2, 0.25) is 0 Å². The van der Waals surface area contributed by atoms with Crippen molar-refractivity contribution in [3.63, 3.8) is 0 Å². The third-order valence-corrected chi connectivity index (χ3v) is 4.45. The van der Waals surface area contributed by atoms with Gasteiger partial charge in [0.05, 0.1) is 20.3 Å². The smallest absolute Gasteiger partial charge is 0.161 e. The summed E-state index contributed by atoms with van der Waals surface area (Å²) < 4.78 is 18.1. The van der Waals surface area contributed by atoms with Crippen molar-refractivity contribution in [1.29, 1.82) is 0 Å². The molecule has 0 amide bonds. The monoisotopic (exact) mass is 362 g/mol. The predicted octanol–water partition coefficient (Wildman–Crippen LogP) is 4.52. The van der Waals surface area contributed by atoms with Gasteiger partial charge in [0.25, 0.3) is 0 Å². The Balaban J connectivity index is 2.12. The molecule has 0 aromatic heterocycles. The van der Waals surface area contributed by atoms with Crippen LogP contribution < -0.4 is 9.47 Å². The molecule has 1 heterocycles. The average molecular weight is 363 g/mol. The van der Waals surface area contributed by atoms with Crippen LogP contribution >= 0.6 is 15.9 Å². The van der Waals surface area contributed by atoms with Crippen LogP contribution in [0.15, 0.2) is 40.9 Å². The first kappa shape index (κ1) is 15.4. The summed E-state index contributed by atoms with van der Waals surface area (Å²) in [5.41, 5.74) is 3.53. The Morgan fingerprint density at radius 1 is 1.09 bits per heavy atom. The van der Waals surface area contributed by atoms with Crippen molar-refractivity contribution in [3.05, 3.63) is 57.6 Å². The lowest BCUT2D eigenvalue weighted by Gasteiger charge is -2.31. The highest BCUT2D eigenvalue weighted by Crippen LogP contribution is 2.41. The maximum atomic E-state index is 6.21. The Morgan fingerprint density at radius 2 is 1.82 bits per heavy atom. The molecule has 0 aliphatic carbocycles. The van der Waals surface area contributed by atoms with E-state index in [0.717, 1.165) is 33.5 Å². The topological polar surface area (TPSA) is 27.7 Å². The highest BCUT2D eigenvalue weighted by molar-refractivity contribution is 9.10. The number of rotatable bonds is 3. The Hall–Kier alpha value is -1.52. The van der Waals surface area contributed by atoms with E-state index in [9.17, 15) is 0 Å². The Labute approximate surface area is 139 Å². The van der Waals surface area contributed by atoms with Crippen molar-refractivity contribution in [3.8, 4) is 11.5 Å². The van der Waals surface area contributed by atoms with Crippen LogP contribution in [0.4, 0.5) is 0 Å². The quantitative estimate of drug-likeness (QED) is 0.803. The SMILES string of the molecule is COc1cc2c(cc1OC)C(c1cccc(Br)c1)OC(C)C2. The zero-order valence-electron chi connectivity index (χ0n) is 12.9. The van der Waals surface area contributed by atoms with Gasteiger partial charge in [-0.2, -0.15) is 0 Å². The second-order valence-corrected chi connectivity index (χ2v) is 6.41. The van der Waals surface area contributed by atoms with E-state index in [4.69, 9.17) is 14.2 Å². The van der Waals surface area contributed by atoms with Gasteiger partial charge in [-0.1, -0.05) is 28.1 Å². The lowest BCUT2D eigenvalue weighted by molar-refractivity contribution is 0.00703. The Kier molecular flexibility index (Phi) is 4.41. The molecule has 0 fully saturated rings. The third-order valence-electron chi connectivity index (χ3n) is 3.96. The molecule has 0 saturated carbocycles. The number of halogens is 1. The van der Waals surface area contributed by atoms with Crippen molar-refractivity contribution in [2.24, 2.45) is 0 Å². The molecule has 0 N–H and O–H groups in total. The molecule has 3 nitrogen and oxygen atoms in total. The zero-order chi connectivity index (χ0) is 15.7. The van der Waals surface area contributed by atoms with Crippen LogP contribution in [0.25, 0.3) is 0 Å². The summed E-state index contributed by atoms with van der Waals surface area (Å²) in [6, 6.07) is 12.3. The standard InChI is InChI=1S/C18H19BrO3/c1-11-7-13-9-16(20-2)17(21-3)10-15(13)18(22-11)12-5-4-6-14(19)8-12/h4-6,8-11,18H,7H2,1-3H3. The highest BCUT2D eigenvalue weighted by Gasteiger charge is 2.28. The molecule has 0 spiro atoms. The number of hydrogen-bond acceptors (Lipinski definition) is 3. The van der Waals surface area contributed by atoms with Crippen LogP contribution in [0, 0.1) is 0 Å². The molecule has 1 aliphatic rings. The second-order valence-electron chi connectivity index (χ2n) is 5.49. The van der Waals surface area contributed by atoms with Crippen molar-refractivity contribution in [2.75, 3.05) is 14.2 Å². The molecule has 2 aromatic rings. The highest BCUT2D eigenvalue weighted by atomic mass is 79.9. The first-order chi connectivity index (χ1) is 10.6. The lowest BCUT2D eigenvalue weighted by atomic mass is 9.90. The maximum absolute atomic E-state index is 6.21. The first-order valence-corrected chi connectivity index (χ1v) is 8.07. The summed E-state index contributed by atoms with van der Waals surface area (Å²) in [5.74, 6) is 1.50. The van der Waals surface area contributed by atoms with E-state index in [1.54, 1.807) is 14.2 Å². The molecular formula is C18H19BrO3. The molecule has 2 aromatic carbocycles. The number of fused-ring (bicyclic) bond motifs is 1. The summed E-state index contributed by atoms with van der Waals surface area (Å²) in [4.78, 5) is 0. The molecule has 1 aliphatic heterocycles. The van der Waals surface area contributed by atoms with E-state index in [2.05, 4.69) is 41.1 Å². The van der Waals surface area contributed by atoms with Crippen molar-refractivity contribution >= 4 is 15.9 Å². The normalized spacial score (nSPS) is 20.4. The summed E-state index contributed by atoms with van der Waals surface area (Å²) in [6.07, 6.45) is 0.950. The average Bonchev–Trinajstić information content (AvgIpc) is 2.52. The van der Waals surface area contributed by atoms with Gasteiger partial charge in [0.15, 0.2) is 11.5 Å². The van der Waals surface area contributed by atoms with Crippen LogP contribution in [0.1, 0.15) is 29.7 Å². The van der Waals surface area contributed by atoms with E-state index in [1.165, 1.54) is 5.56 Å². The van der Waals surface area contributed by atoms with Gasteiger partial charge < -0.3 is 14.2 Å². The molecule has 2 atom stereocenters. The van der Waals surface area contributed by atoms with Gasteiger partial charge in [0, 0.05) is 4.47 Å². The minimum atomic E-state index is -0.0870. The van der Waals surface area contributed by atoms with Gasteiger partial charge in [-0.15, -0.1) is 0 Å². The first-order valence-electron chi connectivity index (χ1n) is 7.28. The predicted molar refractivity (Wildman–Crippen MR) is 89.8 cm³/mol. The number of hydrogen-bond donors (Lipinski definition) is 0. The number of benzene rings is 2. The summed E-state index contributed by atoms with van der Waals surface area (Å²) >= 11 is 3.53. The molecule has 116 valence electrons. The van der Waals surface area contributed by atoms with Crippen LogP contribution in [0.5, 0.6) is 11.5 Å². The van der Waals surface area contributed by atoms with Crippen molar-refractivity contribution in [1.82, 2.24) is 0 Å². The molecule has 4 heteroatoms. The summed E-state index contributed by atoms with van der Waals surface area (Å²) in [7, 11) is 3.32. The summed E-state index contributed by atoms with van der Waals surface area (Å²) in [6.45, 7) is 2.10. The molecule has 0 saturated heterocycles. The minimum absolute atomic E-state index is 0.0870. The molecule has 2 unspecified atom stereocenters. The van der Waals surface area contributed by atoms with E-state index in [1.807, 2.05) is 18.2 Å². The van der Waals surface area contributed by atoms with Crippen molar-refractivity contribution < 1.29 is 14.2 Å². The van der Waals surface area contributed by atoms with Gasteiger partial charge in [0.1, 0.15) is 6.10 Å². The van der Waals surface area contributed by atoms with Gasteiger partial charge in [-0.05, 0) is 54.3 Å². The van der Waals surface area contributed by atoms with E-state index in [-0.39, 0.29) is 12.2 Å². The largest absolute Gasteiger partial charge is 0.493 e. The van der Waals surface area contributed by atoms with Crippen LogP contribution in [-0.2, 0) is 11.2 Å². The van der Waals surface area contributed by atoms with Crippen LogP contribution in [0.2, 0.25) is 0 Å². The Bertz CT molecular complexity index is 684. The fourth-order valence-electron chi connectivity index (χ4n) is 2.95. The molecule has 22 heavy (non-hydrogen) atoms. The summed E-state index contributed by atoms with van der Waals surface area (Å²) in [5, 5.41) is 0. The van der Waals surface area contributed by atoms with Crippen LogP contribution in [-0.4, -0.2) is 20.3 Å². The van der Waals surface area contributed by atoms with E-state index in [0.29, 0.717) is 0 Å². The molecular weight excluding hydrogens is 344 g/mol. The van der Waals surface area contributed by atoms with Crippen LogP contribution in [0.3, 0.4) is 0 Å². The number of methoxy groups -OCH3 is 2. The fourth-order valence-corrected chi connectivity index (χ4v) is 3.37. The van der Waals surface area contributed by atoms with E-state index >= 15 is 0 Å². The molecule has 3 rings (SSSR count). The van der Waals surface area contributed by atoms with Gasteiger partial charge in [-0.25, -0.2) is 0 Å². The van der Waals surface area contributed by atoms with Gasteiger partial charge in [-0.3, -0.25) is 0 Å². The minimum Gasteiger partial charge on any atom is -0.493 e. The fraction of sp³-hybridized carbons (Fsp3) is 0.333. The lowest BCUT2D eigenvalue weighted by Crippen LogP contribution is -2.24. The third kappa shape index (κ3) is 2.85. The van der Waals surface area contributed by atoms with E-state index < -0.39 is 0 Å². The van der Waals surface area contributed by atoms with Gasteiger partial charge >= 0.3 is 0 Å². The Morgan fingerprint density at radius 3 is 2.50 bits per heavy atom. The number of ether oxygens (including phenoxy) is 3. The second kappa shape index (κ2) is 6.31. The molecule has 0 radical (unpaired) electrons. The molecule has 0 bridgehead atoms. The zero-order valence-corrected chi connectivity index (χ0v) is 14.5. The maximum Gasteiger partial charge on any atom is 0.161 e.